The summed E-state index contributed by atoms with van der Waals surface area (Å²) in [4.78, 5) is 29.3. The second-order valence-electron chi connectivity index (χ2n) is 8.49. The van der Waals surface area contributed by atoms with Gasteiger partial charge < -0.3 is 14.5 Å². The van der Waals surface area contributed by atoms with Gasteiger partial charge in [-0.05, 0) is 61.2 Å². The maximum absolute atomic E-state index is 13.5. The fourth-order valence-electron chi connectivity index (χ4n) is 4.28. The lowest BCUT2D eigenvalue weighted by atomic mass is 9.87. The number of hydrogen-bond acceptors (Lipinski definition) is 3. The highest BCUT2D eigenvalue weighted by atomic mass is 16.5. The Bertz CT molecular complexity index is 1140. The number of nitrogens with zero attached hydrogens (tertiary/aromatic N) is 2. The fraction of sp³-hybridized carbons (Fsp3) is 0.286. The van der Waals surface area contributed by atoms with Crippen LogP contribution in [-0.4, -0.2) is 48.4 Å². The zero-order chi connectivity index (χ0) is 23.4. The summed E-state index contributed by atoms with van der Waals surface area (Å²) >= 11 is 0. The maximum Gasteiger partial charge on any atom is 0.260 e. The van der Waals surface area contributed by atoms with Crippen molar-refractivity contribution in [2.75, 3.05) is 26.7 Å². The first kappa shape index (κ1) is 22.6. The van der Waals surface area contributed by atoms with Crippen LogP contribution in [0.3, 0.4) is 0 Å². The van der Waals surface area contributed by atoms with Gasteiger partial charge in [-0.3, -0.25) is 9.59 Å². The van der Waals surface area contributed by atoms with Crippen LogP contribution in [0.5, 0.6) is 5.75 Å². The van der Waals surface area contributed by atoms with E-state index in [1.807, 2.05) is 60.4 Å². The predicted molar refractivity (Wildman–Crippen MR) is 129 cm³/mol. The van der Waals surface area contributed by atoms with Gasteiger partial charge in [0.05, 0.1) is 6.04 Å². The Balaban J connectivity index is 1.71. The molecule has 3 aromatic carbocycles. The van der Waals surface area contributed by atoms with Crippen LogP contribution in [0.2, 0.25) is 0 Å². The second kappa shape index (κ2) is 9.90. The lowest BCUT2D eigenvalue weighted by Gasteiger charge is -2.38. The molecule has 33 heavy (non-hydrogen) atoms. The summed E-state index contributed by atoms with van der Waals surface area (Å²) < 4.78 is 5.85. The van der Waals surface area contributed by atoms with E-state index in [0.29, 0.717) is 24.4 Å². The molecule has 1 aliphatic rings. The van der Waals surface area contributed by atoms with Crippen molar-refractivity contribution in [3.8, 4) is 5.75 Å². The van der Waals surface area contributed by atoms with Gasteiger partial charge in [-0.2, -0.15) is 0 Å². The maximum atomic E-state index is 13.5. The molecule has 1 aliphatic heterocycles. The van der Waals surface area contributed by atoms with Crippen molar-refractivity contribution in [1.29, 1.82) is 0 Å². The van der Waals surface area contributed by atoms with E-state index in [4.69, 9.17) is 4.74 Å². The molecule has 3 aromatic rings. The molecule has 0 saturated carbocycles. The molecule has 0 spiro atoms. The third-order valence-corrected chi connectivity index (χ3v) is 6.25. The minimum Gasteiger partial charge on any atom is -0.484 e. The minimum absolute atomic E-state index is 0.00903. The van der Waals surface area contributed by atoms with Gasteiger partial charge in [0, 0.05) is 25.7 Å². The summed E-state index contributed by atoms with van der Waals surface area (Å²) in [6, 6.07) is 23.5. The topological polar surface area (TPSA) is 49.9 Å². The van der Waals surface area contributed by atoms with E-state index in [0.717, 1.165) is 23.1 Å². The predicted octanol–water partition coefficient (Wildman–Crippen LogP) is 4.64. The van der Waals surface area contributed by atoms with Gasteiger partial charge in [0.25, 0.3) is 11.8 Å². The number of hydrogen-bond donors (Lipinski definition) is 0. The van der Waals surface area contributed by atoms with Crippen LogP contribution in [0.4, 0.5) is 0 Å². The van der Waals surface area contributed by atoms with E-state index < -0.39 is 0 Å². The number of aryl methyl sites for hydroxylation is 1. The monoisotopic (exact) mass is 442 g/mol. The minimum atomic E-state index is -0.223. The zero-order valence-electron chi connectivity index (χ0n) is 19.5. The van der Waals surface area contributed by atoms with E-state index in [1.165, 1.54) is 5.56 Å². The summed E-state index contributed by atoms with van der Waals surface area (Å²) in [7, 11) is 1.76. The highest BCUT2D eigenvalue weighted by Gasteiger charge is 2.33. The average Bonchev–Trinajstić information content (AvgIpc) is 2.85. The smallest absolute Gasteiger partial charge is 0.260 e. The molecule has 0 aromatic heterocycles. The van der Waals surface area contributed by atoms with Crippen molar-refractivity contribution in [2.45, 2.75) is 26.3 Å². The number of benzene rings is 3. The molecule has 0 bridgehead atoms. The van der Waals surface area contributed by atoms with E-state index in [9.17, 15) is 9.59 Å². The van der Waals surface area contributed by atoms with Crippen LogP contribution >= 0.6 is 0 Å². The number of rotatable bonds is 6. The molecular weight excluding hydrogens is 412 g/mol. The SMILES string of the molecule is CCN(C)C(=O)COc1ccc2c(c1)C(c1cccc(C)c1)N(C(=O)c1ccccc1)CC2. The van der Waals surface area contributed by atoms with Crippen LogP contribution in [0.15, 0.2) is 72.8 Å². The molecule has 5 nitrogen and oxygen atoms in total. The van der Waals surface area contributed by atoms with Crippen LogP contribution in [0.1, 0.15) is 45.6 Å². The van der Waals surface area contributed by atoms with Crippen molar-refractivity contribution in [3.63, 3.8) is 0 Å². The average molecular weight is 443 g/mol. The molecule has 0 N–H and O–H groups in total. The third-order valence-electron chi connectivity index (χ3n) is 6.25. The number of ether oxygens (including phenoxy) is 1. The summed E-state index contributed by atoms with van der Waals surface area (Å²) in [6.07, 6.45) is 0.772. The first-order valence-corrected chi connectivity index (χ1v) is 11.4. The number of fused-ring (bicyclic) bond motifs is 1. The van der Waals surface area contributed by atoms with Gasteiger partial charge in [0.1, 0.15) is 5.75 Å². The van der Waals surface area contributed by atoms with Crippen LogP contribution in [-0.2, 0) is 11.2 Å². The van der Waals surface area contributed by atoms with Crippen LogP contribution in [0.25, 0.3) is 0 Å². The quantitative estimate of drug-likeness (QED) is 0.559. The van der Waals surface area contributed by atoms with Crippen molar-refractivity contribution in [2.24, 2.45) is 0 Å². The summed E-state index contributed by atoms with van der Waals surface area (Å²) in [5.74, 6) is 0.587. The molecule has 5 heteroatoms. The van der Waals surface area contributed by atoms with Crippen molar-refractivity contribution in [1.82, 2.24) is 9.80 Å². The van der Waals surface area contributed by atoms with Gasteiger partial charge in [0.2, 0.25) is 0 Å². The lowest BCUT2D eigenvalue weighted by Crippen LogP contribution is -2.40. The molecule has 2 amide bonds. The van der Waals surface area contributed by atoms with E-state index in [2.05, 4.69) is 31.2 Å². The van der Waals surface area contributed by atoms with E-state index >= 15 is 0 Å². The van der Waals surface area contributed by atoms with Crippen LogP contribution < -0.4 is 4.74 Å². The highest BCUT2D eigenvalue weighted by molar-refractivity contribution is 5.95. The standard InChI is InChI=1S/C28H30N2O3/c1-4-29(3)26(31)19-33-24-14-13-21-15-16-30(28(32)22-10-6-5-7-11-22)27(25(21)18-24)23-12-8-9-20(2)17-23/h5-14,17-18,27H,4,15-16,19H2,1-3H3. The second-order valence-corrected chi connectivity index (χ2v) is 8.49. The van der Waals surface area contributed by atoms with E-state index in [1.54, 1.807) is 11.9 Å². The van der Waals surface area contributed by atoms with Gasteiger partial charge in [0.15, 0.2) is 6.61 Å². The Morgan fingerprint density at radius 2 is 1.82 bits per heavy atom. The Kier molecular flexibility index (Phi) is 6.78. The van der Waals surface area contributed by atoms with Crippen molar-refractivity contribution >= 4 is 11.8 Å². The molecular formula is C28H30N2O3. The highest BCUT2D eigenvalue weighted by Crippen LogP contribution is 2.38. The van der Waals surface area contributed by atoms with Crippen molar-refractivity contribution < 1.29 is 14.3 Å². The first-order valence-electron chi connectivity index (χ1n) is 11.4. The number of carbonyl (C=O) groups is 2. The molecule has 1 atom stereocenters. The van der Waals surface area contributed by atoms with Crippen LogP contribution in [0, 0.1) is 6.92 Å². The molecule has 0 aliphatic carbocycles. The Hall–Kier alpha value is -3.60. The summed E-state index contributed by atoms with van der Waals surface area (Å²) in [6.45, 7) is 5.26. The fourth-order valence-corrected chi connectivity index (χ4v) is 4.28. The van der Waals surface area contributed by atoms with Gasteiger partial charge >= 0.3 is 0 Å². The van der Waals surface area contributed by atoms with Gasteiger partial charge in [-0.1, -0.05) is 54.1 Å². The van der Waals surface area contributed by atoms with E-state index in [-0.39, 0.29) is 24.5 Å². The number of amides is 2. The Labute approximate surface area is 195 Å². The molecule has 170 valence electrons. The molecule has 1 unspecified atom stereocenters. The van der Waals surface area contributed by atoms with Gasteiger partial charge in [-0.25, -0.2) is 0 Å². The molecule has 1 heterocycles. The molecule has 4 rings (SSSR count). The molecule has 0 saturated heterocycles. The molecule has 0 fully saturated rings. The largest absolute Gasteiger partial charge is 0.484 e. The number of carbonyl (C=O) groups excluding carboxylic acids is 2. The molecule has 0 radical (unpaired) electrons. The normalized spacial score (nSPS) is 15.0. The summed E-state index contributed by atoms with van der Waals surface area (Å²) in [5, 5.41) is 0. The van der Waals surface area contributed by atoms with Crippen molar-refractivity contribution in [3.05, 3.63) is 101 Å². The first-order chi connectivity index (χ1) is 16.0. The summed E-state index contributed by atoms with van der Waals surface area (Å²) in [5.41, 5.74) is 5.14. The van der Waals surface area contributed by atoms with Gasteiger partial charge in [-0.15, -0.1) is 0 Å². The zero-order valence-corrected chi connectivity index (χ0v) is 19.5. The Morgan fingerprint density at radius 3 is 2.55 bits per heavy atom. The number of likely N-dealkylation sites (N-methyl/N-ethyl adjacent to an activating group) is 1. The Morgan fingerprint density at radius 1 is 1.03 bits per heavy atom. The third kappa shape index (κ3) is 4.92. The lowest BCUT2D eigenvalue weighted by molar-refractivity contribution is -0.131.